The molecule has 2 atom stereocenters. The van der Waals surface area contributed by atoms with Gasteiger partial charge in [0.25, 0.3) is 5.91 Å². The third-order valence-corrected chi connectivity index (χ3v) is 5.23. The molecule has 8 heteroatoms. The van der Waals surface area contributed by atoms with E-state index in [2.05, 4.69) is 4.90 Å². The normalized spacial score (nSPS) is 22.4. The number of nitrogens with zero attached hydrogens (tertiary/aromatic N) is 2. The van der Waals surface area contributed by atoms with Crippen LogP contribution in [0.2, 0.25) is 10.0 Å². The number of ether oxygens (including phenoxy) is 2. The summed E-state index contributed by atoms with van der Waals surface area (Å²) in [5.74, 6) is 0.562. The van der Waals surface area contributed by atoms with Crippen molar-refractivity contribution < 1.29 is 19.4 Å². The summed E-state index contributed by atoms with van der Waals surface area (Å²) in [4.78, 5) is 16.3. The molecule has 2 heterocycles. The number of benzene rings is 1. The molecule has 3 rings (SSSR count). The van der Waals surface area contributed by atoms with Crippen LogP contribution in [0.25, 0.3) is 0 Å². The lowest BCUT2D eigenvalue weighted by molar-refractivity contribution is -0.142. The highest BCUT2D eigenvalue weighted by Crippen LogP contribution is 2.27. The summed E-state index contributed by atoms with van der Waals surface area (Å²) in [6, 6.07) is 4.98. The number of aliphatic hydroxyl groups excluding tert-OH is 1. The van der Waals surface area contributed by atoms with E-state index in [0.29, 0.717) is 42.0 Å². The van der Waals surface area contributed by atoms with E-state index in [1.807, 2.05) is 4.90 Å². The quantitative estimate of drug-likeness (QED) is 0.788. The van der Waals surface area contributed by atoms with Crippen LogP contribution in [-0.4, -0.2) is 79.0 Å². The zero-order valence-electron chi connectivity index (χ0n) is 14.6. The fraction of sp³-hybridized carbons (Fsp3) is 0.611. The minimum Gasteiger partial charge on any atom is -0.489 e. The molecule has 26 heavy (non-hydrogen) atoms. The fourth-order valence-electron chi connectivity index (χ4n) is 3.25. The van der Waals surface area contributed by atoms with E-state index in [1.54, 1.807) is 18.2 Å². The van der Waals surface area contributed by atoms with Crippen molar-refractivity contribution in [3.63, 3.8) is 0 Å². The van der Waals surface area contributed by atoms with E-state index in [0.717, 1.165) is 25.9 Å². The van der Waals surface area contributed by atoms with Crippen molar-refractivity contribution in [3.05, 3.63) is 28.2 Å². The Bertz CT molecular complexity index is 617. The molecule has 0 aromatic heterocycles. The highest BCUT2D eigenvalue weighted by molar-refractivity contribution is 6.34. The summed E-state index contributed by atoms with van der Waals surface area (Å²) in [7, 11) is 0. The summed E-state index contributed by atoms with van der Waals surface area (Å²) >= 11 is 12.0. The number of hydrogen-bond donors (Lipinski definition) is 1. The van der Waals surface area contributed by atoms with Gasteiger partial charge >= 0.3 is 0 Å². The molecule has 0 aliphatic carbocycles. The average Bonchev–Trinajstić information content (AvgIpc) is 3.17. The predicted molar refractivity (Wildman–Crippen MR) is 100.0 cm³/mol. The molecule has 1 N–H and O–H groups in total. The van der Waals surface area contributed by atoms with Crippen LogP contribution >= 0.6 is 23.2 Å². The van der Waals surface area contributed by atoms with Crippen molar-refractivity contribution >= 4 is 29.1 Å². The topological polar surface area (TPSA) is 62.2 Å². The van der Waals surface area contributed by atoms with Crippen molar-refractivity contribution in [2.24, 2.45) is 0 Å². The minimum atomic E-state index is -0.648. The number of amides is 1. The molecule has 0 spiro atoms. The standard InChI is InChI=1S/C18H24Cl2N2O4/c19-13-3-4-15(20)17(10-13)26-12-14(23)11-21-5-7-22(8-6-21)18(24)16-2-1-9-25-16/h3-4,10,14,16,23H,1-2,5-9,11-12H2/t14-,16-/m0/s1. The van der Waals surface area contributed by atoms with Crippen molar-refractivity contribution in [1.29, 1.82) is 0 Å². The number of rotatable bonds is 6. The molecular formula is C18H24Cl2N2O4. The van der Waals surface area contributed by atoms with Gasteiger partial charge in [0.15, 0.2) is 0 Å². The number of carbonyl (C=O) groups is 1. The number of aliphatic hydroxyl groups is 1. The van der Waals surface area contributed by atoms with E-state index in [4.69, 9.17) is 32.7 Å². The molecule has 2 saturated heterocycles. The Balaban J connectivity index is 1.39. The Morgan fingerprint density at radius 2 is 2.08 bits per heavy atom. The van der Waals surface area contributed by atoms with Crippen LogP contribution in [0.1, 0.15) is 12.8 Å². The highest BCUT2D eigenvalue weighted by Gasteiger charge is 2.30. The lowest BCUT2D eigenvalue weighted by Gasteiger charge is -2.36. The molecular weight excluding hydrogens is 379 g/mol. The Morgan fingerprint density at radius 1 is 1.31 bits per heavy atom. The Kier molecular flexibility index (Phi) is 7.00. The van der Waals surface area contributed by atoms with Crippen molar-refractivity contribution in [2.45, 2.75) is 25.0 Å². The van der Waals surface area contributed by atoms with Gasteiger partial charge in [-0.3, -0.25) is 9.69 Å². The number of piperazine rings is 1. The summed E-state index contributed by atoms with van der Waals surface area (Å²) in [6.45, 7) is 4.08. The Morgan fingerprint density at radius 3 is 2.77 bits per heavy atom. The maximum absolute atomic E-state index is 12.3. The summed E-state index contributed by atoms with van der Waals surface area (Å²) in [5, 5.41) is 11.2. The molecule has 1 aromatic carbocycles. The molecule has 1 aromatic rings. The molecule has 1 amide bonds. The lowest BCUT2D eigenvalue weighted by atomic mass is 10.2. The second kappa shape index (κ2) is 9.24. The third-order valence-electron chi connectivity index (χ3n) is 4.68. The monoisotopic (exact) mass is 402 g/mol. The van der Waals surface area contributed by atoms with Gasteiger partial charge in [-0.2, -0.15) is 0 Å². The van der Waals surface area contributed by atoms with E-state index >= 15 is 0 Å². The average molecular weight is 403 g/mol. The number of β-amino-alcohol motifs (C(OH)–C–C–N with tert-alkyl or cyclic N) is 1. The first-order valence-electron chi connectivity index (χ1n) is 8.91. The SMILES string of the molecule is O=C([C@@H]1CCCO1)N1CCN(C[C@H](O)COc2cc(Cl)ccc2Cl)CC1. The Hall–Kier alpha value is -1.05. The first-order valence-corrected chi connectivity index (χ1v) is 9.67. The van der Waals surface area contributed by atoms with Gasteiger partial charge in [-0.25, -0.2) is 0 Å². The first kappa shape index (κ1) is 19.7. The zero-order valence-corrected chi connectivity index (χ0v) is 16.1. The molecule has 0 unspecified atom stereocenters. The van der Waals surface area contributed by atoms with Crippen LogP contribution < -0.4 is 4.74 Å². The zero-order chi connectivity index (χ0) is 18.5. The van der Waals surface area contributed by atoms with Gasteiger partial charge in [0, 0.05) is 50.4 Å². The molecule has 0 saturated carbocycles. The van der Waals surface area contributed by atoms with Gasteiger partial charge in [0.2, 0.25) is 0 Å². The number of hydrogen-bond acceptors (Lipinski definition) is 5. The van der Waals surface area contributed by atoms with E-state index in [9.17, 15) is 9.90 Å². The minimum absolute atomic E-state index is 0.0987. The first-order chi connectivity index (χ1) is 12.5. The number of halogens is 2. The van der Waals surface area contributed by atoms with Gasteiger partial charge in [0.05, 0.1) is 5.02 Å². The van der Waals surface area contributed by atoms with Crippen LogP contribution in [-0.2, 0) is 9.53 Å². The fourth-order valence-corrected chi connectivity index (χ4v) is 3.59. The van der Waals surface area contributed by atoms with Gasteiger partial charge in [-0.15, -0.1) is 0 Å². The lowest BCUT2D eigenvalue weighted by Crippen LogP contribution is -2.53. The Labute approximate surface area is 163 Å². The third kappa shape index (κ3) is 5.24. The van der Waals surface area contributed by atoms with Crippen molar-refractivity contribution in [2.75, 3.05) is 45.9 Å². The van der Waals surface area contributed by atoms with E-state index in [-0.39, 0.29) is 18.6 Å². The highest BCUT2D eigenvalue weighted by atomic mass is 35.5. The molecule has 144 valence electrons. The van der Waals surface area contributed by atoms with Gasteiger partial charge in [-0.05, 0) is 25.0 Å². The maximum Gasteiger partial charge on any atom is 0.251 e. The molecule has 2 aliphatic rings. The van der Waals surface area contributed by atoms with Crippen LogP contribution in [0.3, 0.4) is 0 Å². The molecule has 2 aliphatic heterocycles. The van der Waals surface area contributed by atoms with Gasteiger partial charge < -0.3 is 19.5 Å². The van der Waals surface area contributed by atoms with Crippen molar-refractivity contribution in [3.8, 4) is 5.75 Å². The van der Waals surface area contributed by atoms with Gasteiger partial charge in [-0.1, -0.05) is 23.2 Å². The summed E-state index contributed by atoms with van der Waals surface area (Å²) in [5.41, 5.74) is 0. The molecule has 2 fully saturated rings. The van der Waals surface area contributed by atoms with Crippen LogP contribution in [0.15, 0.2) is 18.2 Å². The van der Waals surface area contributed by atoms with Crippen molar-refractivity contribution in [1.82, 2.24) is 9.80 Å². The second-order valence-electron chi connectivity index (χ2n) is 6.67. The summed E-state index contributed by atoms with van der Waals surface area (Å²) < 4.78 is 11.0. The largest absolute Gasteiger partial charge is 0.489 e. The van der Waals surface area contributed by atoms with E-state index in [1.165, 1.54) is 0 Å². The second-order valence-corrected chi connectivity index (χ2v) is 7.51. The van der Waals surface area contributed by atoms with Crippen LogP contribution in [0, 0.1) is 0 Å². The smallest absolute Gasteiger partial charge is 0.251 e. The van der Waals surface area contributed by atoms with E-state index < -0.39 is 6.10 Å². The van der Waals surface area contributed by atoms with Gasteiger partial charge in [0.1, 0.15) is 24.6 Å². The molecule has 0 radical (unpaired) electrons. The summed E-state index contributed by atoms with van der Waals surface area (Å²) in [6.07, 6.45) is 0.869. The maximum atomic E-state index is 12.3. The number of carbonyl (C=O) groups excluding carboxylic acids is 1. The molecule has 6 nitrogen and oxygen atoms in total. The molecule has 0 bridgehead atoms. The van der Waals surface area contributed by atoms with Crippen LogP contribution in [0.4, 0.5) is 0 Å². The predicted octanol–water partition coefficient (Wildman–Crippen LogP) is 2.06. The van der Waals surface area contributed by atoms with Crippen LogP contribution in [0.5, 0.6) is 5.75 Å².